The van der Waals surface area contributed by atoms with E-state index in [0.717, 1.165) is 18.7 Å². The van der Waals surface area contributed by atoms with Gasteiger partial charge in [-0.25, -0.2) is 4.79 Å². The predicted molar refractivity (Wildman–Crippen MR) is 81.7 cm³/mol. The van der Waals surface area contributed by atoms with Crippen LogP contribution in [0.1, 0.15) is 25.5 Å². The number of hydrogen-bond acceptors (Lipinski definition) is 3. The van der Waals surface area contributed by atoms with E-state index in [-0.39, 0.29) is 17.9 Å². The van der Waals surface area contributed by atoms with Crippen molar-refractivity contribution in [2.24, 2.45) is 17.6 Å². The van der Waals surface area contributed by atoms with Crippen molar-refractivity contribution < 1.29 is 9.59 Å². The molecule has 0 bridgehead atoms. The minimum Gasteiger partial charge on any atom is -0.351 e. The zero-order valence-corrected chi connectivity index (χ0v) is 12.3. The van der Waals surface area contributed by atoms with E-state index < -0.39 is 6.03 Å². The van der Waals surface area contributed by atoms with Crippen LogP contribution in [0.15, 0.2) is 24.3 Å². The van der Waals surface area contributed by atoms with E-state index in [2.05, 4.69) is 22.9 Å². The van der Waals surface area contributed by atoms with E-state index in [4.69, 9.17) is 5.73 Å². The zero-order chi connectivity index (χ0) is 15.4. The van der Waals surface area contributed by atoms with Gasteiger partial charge in [-0.05, 0) is 37.1 Å². The lowest BCUT2D eigenvalue weighted by Crippen LogP contribution is -2.35. The van der Waals surface area contributed by atoms with Gasteiger partial charge < -0.3 is 21.7 Å². The normalized spacial score (nSPS) is 22.6. The van der Waals surface area contributed by atoms with E-state index in [9.17, 15) is 9.59 Å². The van der Waals surface area contributed by atoms with Crippen LogP contribution in [-0.2, 0) is 4.79 Å². The third-order valence-corrected chi connectivity index (χ3v) is 3.89. The van der Waals surface area contributed by atoms with E-state index in [1.54, 1.807) is 12.1 Å². The summed E-state index contributed by atoms with van der Waals surface area (Å²) in [6, 6.07) is 6.60. The highest BCUT2D eigenvalue weighted by molar-refractivity contribution is 5.87. The van der Waals surface area contributed by atoms with Gasteiger partial charge in [0.15, 0.2) is 0 Å². The number of nitrogens with two attached hydrogens (primary N) is 1. The van der Waals surface area contributed by atoms with Crippen molar-refractivity contribution in [2.45, 2.75) is 19.9 Å². The Balaban J connectivity index is 1.95. The molecule has 1 saturated heterocycles. The number of urea groups is 1. The van der Waals surface area contributed by atoms with E-state index in [0.29, 0.717) is 11.6 Å². The number of rotatable bonds is 4. The Kier molecular flexibility index (Phi) is 4.80. The molecule has 0 saturated carbocycles. The van der Waals surface area contributed by atoms with Crippen LogP contribution in [0.3, 0.4) is 0 Å². The van der Waals surface area contributed by atoms with Gasteiger partial charge in [0.25, 0.3) is 0 Å². The molecule has 5 N–H and O–H groups in total. The summed E-state index contributed by atoms with van der Waals surface area (Å²) in [5, 5.41) is 8.77. The summed E-state index contributed by atoms with van der Waals surface area (Å²) in [7, 11) is 0. The van der Waals surface area contributed by atoms with Crippen molar-refractivity contribution in [3.63, 3.8) is 0 Å². The lowest BCUT2D eigenvalue weighted by Gasteiger charge is -2.19. The van der Waals surface area contributed by atoms with Crippen molar-refractivity contribution in [1.82, 2.24) is 10.6 Å². The molecule has 3 amide bonds. The SMILES string of the molecule is CC(NC(=O)C1CNCC1C)c1ccc(NC(N)=O)cc1. The highest BCUT2D eigenvalue weighted by Gasteiger charge is 2.30. The quantitative estimate of drug-likeness (QED) is 0.671. The molecule has 3 unspecified atom stereocenters. The Labute approximate surface area is 124 Å². The maximum absolute atomic E-state index is 12.2. The molecule has 1 aliphatic heterocycles. The Morgan fingerprint density at radius 2 is 1.95 bits per heavy atom. The fourth-order valence-corrected chi connectivity index (χ4v) is 2.56. The number of benzene rings is 1. The van der Waals surface area contributed by atoms with Crippen molar-refractivity contribution in [1.29, 1.82) is 0 Å². The van der Waals surface area contributed by atoms with Gasteiger partial charge in [0, 0.05) is 12.2 Å². The molecule has 6 heteroatoms. The zero-order valence-electron chi connectivity index (χ0n) is 12.3. The van der Waals surface area contributed by atoms with Crippen molar-refractivity contribution >= 4 is 17.6 Å². The first-order valence-corrected chi connectivity index (χ1v) is 7.15. The van der Waals surface area contributed by atoms with Gasteiger partial charge in [0.2, 0.25) is 5.91 Å². The molecule has 21 heavy (non-hydrogen) atoms. The number of hydrogen-bond donors (Lipinski definition) is 4. The largest absolute Gasteiger partial charge is 0.351 e. The topological polar surface area (TPSA) is 96.2 Å². The van der Waals surface area contributed by atoms with Crippen LogP contribution in [0.25, 0.3) is 0 Å². The molecule has 114 valence electrons. The molecule has 0 aromatic heterocycles. The summed E-state index contributed by atoms with van der Waals surface area (Å²) >= 11 is 0. The summed E-state index contributed by atoms with van der Waals surface area (Å²) in [6.45, 7) is 5.65. The Morgan fingerprint density at radius 3 is 2.48 bits per heavy atom. The van der Waals surface area contributed by atoms with Gasteiger partial charge in [0.05, 0.1) is 12.0 Å². The maximum Gasteiger partial charge on any atom is 0.316 e. The molecular weight excluding hydrogens is 268 g/mol. The number of anilines is 1. The van der Waals surface area contributed by atoms with Crippen LogP contribution in [0.4, 0.5) is 10.5 Å². The maximum atomic E-state index is 12.2. The fraction of sp³-hybridized carbons (Fsp3) is 0.467. The lowest BCUT2D eigenvalue weighted by molar-refractivity contribution is -0.126. The molecular formula is C15H22N4O2. The van der Waals surface area contributed by atoms with E-state index in [1.165, 1.54) is 0 Å². The first-order valence-electron chi connectivity index (χ1n) is 7.15. The van der Waals surface area contributed by atoms with Crippen LogP contribution in [-0.4, -0.2) is 25.0 Å². The first kappa shape index (κ1) is 15.3. The molecule has 6 nitrogen and oxygen atoms in total. The minimum atomic E-state index is -0.591. The summed E-state index contributed by atoms with van der Waals surface area (Å²) in [5.74, 6) is 0.474. The second-order valence-electron chi connectivity index (χ2n) is 5.58. The first-order chi connectivity index (χ1) is 9.97. The number of carbonyl (C=O) groups excluding carboxylic acids is 2. The van der Waals surface area contributed by atoms with Gasteiger partial charge in [-0.2, -0.15) is 0 Å². The van der Waals surface area contributed by atoms with E-state index in [1.807, 2.05) is 19.1 Å². The Bertz CT molecular complexity index is 515. The molecule has 0 spiro atoms. The molecule has 1 heterocycles. The molecule has 0 aliphatic carbocycles. The summed E-state index contributed by atoms with van der Waals surface area (Å²) < 4.78 is 0. The average molecular weight is 290 g/mol. The van der Waals surface area contributed by atoms with Crippen LogP contribution < -0.4 is 21.7 Å². The minimum absolute atomic E-state index is 0.0308. The number of primary amides is 1. The monoisotopic (exact) mass is 290 g/mol. The van der Waals surface area contributed by atoms with Gasteiger partial charge in [0.1, 0.15) is 0 Å². The van der Waals surface area contributed by atoms with Crippen molar-refractivity contribution in [2.75, 3.05) is 18.4 Å². The van der Waals surface area contributed by atoms with Crippen molar-refractivity contribution in [3.05, 3.63) is 29.8 Å². The smallest absolute Gasteiger partial charge is 0.316 e. The molecule has 1 aromatic carbocycles. The van der Waals surface area contributed by atoms with Gasteiger partial charge >= 0.3 is 6.03 Å². The van der Waals surface area contributed by atoms with Gasteiger partial charge in [-0.15, -0.1) is 0 Å². The van der Waals surface area contributed by atoms with Crippen LogP contribution in [0, 0.1) is 11.8 Å². The second kappa shape index (κ2) is 6.58. The Hall–Kier alpha value is -2.08. The summed E-state index contributed by atoms with van der Waals surface area (Å²) in [4.78, 5) is 23.0. The lowest BCUT2D eigenvalue weighted by atomic mass is 9.96. The van der Waals surface area contributed by atoms with E-state index >= 15 is 0 Å². The van der Waals surface area contributed by atoms with Crippen LogP contribution in [0.5, 0.6) is 0 Å². The molecule has 1 aliphatic rings. The predicted octanol–water partition coefficient (Wildman–Crippen LogP) is 1.21. The Morgan fingerprint density at radius 1 is 1.29 bits per heavy atom. The second-order valence-corrected chi connectivity index (χ2v) is 5.58. The van der Waals surface area contributed by atoms with Gasteiger partial charge in [-0.1, -0.05) is 19.1 Å². The van der Waals surface area contributed by atoms with Crippen LogP contribution >= 0.6 is 0 Å². The average Bonchev–Trinajstić information content (AvgIpc) is 2.85. The van der Waals surface area contributed by atoms with Gasteiger partial charge in [-0.3, -0.25) is 4.79 Å². The summed E-state index contributed by atoms with van der Waals surface area (Å²) in [6.07, 6.45) is 0. The number of carbonyl (C=O) groups is 2. The summed E-state index contributed by atoms with van der Waals surface area (Å²) in [5.41, 5.74) is 6.68. The third-order valence-electron chi connectivity index (χ3n) is 3.89. The molecule has 1 aromatic rings. The molecule has 3 atom stereocenters. The molecule has 1 fully saturated rings. The van der Waals surface area contributed by atoms with Crippen molar-refractivity contribution in [3.8, 4) is 0 Å². The molecule has 0 radical (unpaired) electrons. The van der Waals surface area contributed by atoms with Crippen LogP contribution in [0.2, 0.25) is 0 Å². The number of amides is 3. The molecule has 2 rings (SSSR count). The standard InChI is InChI=1S/C15H22N4O2/c1-9-7-17-8-13(9)14(20)18-10(2)11-3-5-12(6-4-11)19-15(16)21/h3-6,9-10,13,17H,7-8H2,1-2H3,(H,18,20)(H3,16,19,21). The number of nitrogens with one attached hydrogen (secondary N) is 3. The highest BCUT2D eigenvalue weighted by atomic mass is 16.2. The third kappa shape index (κ3) is 3.95. The highest BCUT2D eigenvalue weighted by Crippen LogP contribution is 2.20. The fourth-order valence-electron chi connectivity index (χ4n) is 2.56.